The Hall–Kier alpha value is -2.28. The zero-order valence-electron chi connectivity index (χ0n) is 12.2. The molecule has 0 saturated heterocycles. The highest BCUT2D eigenvalue weighted by molar-refractivity contribution is 7.09. The molecule has 2 aromatic rings. The number of aromatic nitrogens is 1. The zero-order chi connectivity index (χ0) is 16.3. The molecule has 2 rings (SSSR count). The highest BCUT2D eigenvalue weighted by Crippen LogP contribution is 2.25. The predicted octanol–water partition coefficient (Wildman–Crippen LogP) is 2.49. The Morgan fingerprint density at radius 2 is 2.18 bits per heavy atom. The smallest absolute Gasteiger partial charge is 0.268 e. The number of thiazole rings is 1. The second kappa shape index (κ2) is 6.65. The number of benzene rings is 1. The van der Waals surface area contributed by atoms with Crippen molar-refractivity contribution in [1.82, 2.24) is 9.88 Å². The lowest BCUT2D eigenvalue weighted by molar-refractivity contribution is -0.131. The molecule has 0 radical (unpaired) electrons. The van der Waals surface area contributed by atoms with Crippen LogP contribution < -0.4 is 5.73 Å². The van der Waals surface area contributed by atoms with Crippen LogP contribution in [0, 0.1) is 5.82 Å². The van der Waals surface area contributed by atoms with Gasteiger partial charge in [-0.1, -0.05) is 12.1 Å². The van der Waals surface area contributed by atoms with Crippen molar-refractivity contribution in [2.45, 2.75) is 26.4 Å². The van der Waals surface area contributed by atoms with Crippen molar-refractivity contribution in [2.75, 3.05) is 0 Å². The van der Waals surface area contributed by atoms with Gasteiger partial charge in [0, 0.05) is 18.8 Å². The summed E-state index contributed by atoms with van der Waals surface area (Å²) in [6.07, 6.45) is 0. The van der Waals surface area contributed by atoms with E-state index < -0.39 is 5.91 Å². The Morgan fingerprint density at radius 1 is 1.45 bits per heavy atom. The molecule has 0 aliphatic heterocycles. The maximum absolute atomic E-state index is 13.3. The lowest BCUT2D eigenvalue weighted by atomic mass is 10.1. The average Bonchev–Trinajstić information content (AvgIpc) is 2.94. The molecule has 0 unspecified atom stereocenters. The van der Waals surface area contributed by atoms with E-state index in [9.17, 15) is 14.0 Å². The number of carbonyl (C=O) groups is 2. The van der Waals surface area contributed by atoms with Crippen LogP contribution in [0.5, 0.6) is 0 Å². The van der Waals surface area contributed by atoms with E-state index in [0.29, 0.717) is 10.6 Å². The van der Waals surface area contributed by atoms with Crippen LogP contribution in [0.4, 0.5) is 4.39 Å². The minimum Gasteiger partial charge on any atom is -0.364 e. The van der Waals surface area contributed by atoms with Crippen molar-refractivity contribution in [3.05, 3.63) is 51.7 Å². The third-order valence-electron chi connectivity index (χ3n) is 3.25. The molecule has 2 N–H and O–H groups in total. The van der Waals surface area contributed by atoms with E-state index in [4.69, 9.17) is 5.73 Å². The van der Waals surface area contributed by atoms with Crippen molar-refractivity contribution in [2.24, 2.45) is 5.73 Å². The molecule has 116 valence electrons. The van der Waals surface area contributed by atoms with Crippen LogP contribution in [0.15, 0.2) is 29.6 Å². The second-order valence-electron chi connectivity index (χ2n) is 4.89. The van der Waals surface area contributed by atoms with Crippen LogP contribution in [0.1, 0.15) is 40.9 Å². The van der Waals surface area contributed by atoms with Crippen molar-refractivity contribution >= 4 is 23.2 Å². The summed E-state index contributed by atoms with van der Waals surface area (Å²) in [5.41, 5.74) is 6.06. The number of halogens is 1. The summed E-state index contributed by atoms with van der Waals surface area (Å²) in [5, 5.41) is 2.18. The number of amides is 2. The summed E-state index contributed by atoms with van der Waals surface area (Å²) in [5.74, 6) is -1.11. The van der Waals surface area contributed by atoms with Gasteiger partial charge >= 0.3 is 0 Å². The fraction of sp³-hybridized carbons (Fsp3) is 0.267. The van der Waals surface area contributed by atoms with Crippen LogP contribution in [0.2, 0.25) is 0 Å². The van der Waals surface area contributed by atoms with Crippen molar-refractivity contribution in [3.63, 3.8) is 0 Å². The van der Waals surface area contributed by atoms with Gasteiger partial charge in [-0.3, -0.25) is 9.59 Å². The SMILES string of the molecule is CC(=O)N(Cc1cccc(F)c1)[C@@H](C)c1nc(C(N)=O)cs1. The summed E-state index contributed by atoms with van der Waals surface area (Å²) in [7, 11) is 0. The van der Waals surface area contributed by atoms with Crippen molar-refractivity contribution < 1.29 is 14.0 Å². The lowest BCUT2D eigenvalue weighted by Gasteiger charge is -2.27. The molecule has 0 spiro atoms. The highest BCUT2D eigenvalue weighted by Gasteiger charge is 2.22. The average molecular weight is 321 g/mol. The van der Waals surface area contributed by atoms with Crippen LogP contribution in [0.3, 0.4) is 0 Å². The molecule has 0 bridgehead atoms. The molecular formula is C15H16FN3O2S. The molecule has 0 aliphatic carbocycles. The first-order valence-corrected chi connectivity index (χ1v) is 7.53. The zero-order valence-corrected chi connectivity index (χ0v) is 13.1. The van der Waals surface area contributed by atoms with Gasteiger partial charge < -0.3 is 10.6 Å². The fourth-order valence-electron chi connectivity index (χ4n) is 2.08. The maximum Gasteiger partial charge on any atom is 0.268 e. The van der Waals surface area contributed by atoms with E-state index in [0.717, 1.165) is 0 Å². The monoisotopic (exact) mass is 321 g/mol. The van der Waals surface area contributed by atoms with E-state index in [1.807, 2.05) is 6.92 Å². The molecule has 7 heteroatoms. The van der Waals surface area contributed by atoms with Gasteiger partial charge in [0.1, 0.15) is 16.5 Å². The first-order valence-electron chi connectivity index (χ1n) is 6.65. The molecule has 22 heavy (non-hydrogen) atoms. The van der Waals surface area contributed by atoms with Gasteiger partial charge in [-0.2, -0.15) is 0 Å². The van der Waals surface area contributed by atoms with Gasteiger partial charge in [0.2, 0.25) is 5.91 Å². The summed E-state index contributed by atoms with van der Waals surface area (Å²) in [6, 6.07) is 5.76. The topological polar surface area (TPSA) is 76.3 Å². The first-order chi connectivity index (χ1) is 10.4. The number of nitrogens with two attached hydrogens (primary N) is 1. The molecule has 5 nitrogen and oxygen atoms in total. The Kier molecular flexibility index (Phi) is 4.87. The molecule has 1 atom stereocenters. The minimum atomic E-state index is -0.603. The van der Waals surface area contributed by atoms with Crippen LogP contribution in [-0.2, 0) is 11.3 Å². The third-order valence-corrected chi connectivity index (χ3v) is 4.26. The highest BCUT2D eigenvalue weighted by atomic mass is 32.1. The van der Waals surface area contributed by atoms with Gasteiger partial charge in [0.25, 0.3) is 5.91 Å². The normalized spacial score (nSPS) is 12.0. The van der Waals surface area contributed by atoms with E-state index in [2.05, 4.69) is 4.98 Å². The molecule has 1 aromatic heterocycles. The Morgan fingerprint density at radius 3 is 2.73 bits per heavy atom. The van der Waals surface area contributed by atoms with E-state index in [1.165, 1.54) is 30.4 Å². The van der Waals surface area contributed by atoms with E-state index in [1.54, 1.807) is 22.4 Å². The molecule has 0 fully saturated rings. The number of hydrogen-bond acceptors (Lipinski definition) is 4. The first kappa shape index (κ1) is 16.1. The lowest BCUT2D eigenvalue weighted by Crippen LogP contribution is -2.31. The third kappa shape index (κ3) is 3.67. The molecule has 0 saturated carbocycles. The van der Waals surface area contributed by atoms with Gasteiger partial charge in [-0.25, -0.2) is 9.37 Å². The Bertz CT molecular complexity index is 702. The number of rotatable bonds is 5. The number of carbonyl (C=O) groups excluding carboxylic acids is 2. The van der Waals surface area contributed by atoms with E-state index >= 15 is 0 Å². The standard InChI is InChI=1S/C15H16FN3O2S/c1-9(15-18-13(8-22-15)14(17)21)19(10(2)20)7-11-4-3-5-12(16)6-11/h3-6,8-9H,7H2,1-2H3,(H2,17,21)/t9-/m0/s1. The number of primary amides is 1. The van der Waals surface area contributed by atoms with E-state index in [-0.39, 0.29) is 30.0 Å². The van der Waals surface area contributed by atoms with Crippen LogP contribution in [-0.4, -0.2) is 21.7 Å². The molecule has 0 aliphatic rings. The van der Waals surface area contributed by atoms with Gasteiger partial charge in [-0.15, -0.1) is 11.3 Å². The molecular weight excluding hydrogens is 305 g/mol. The maximum atomic E-state index is 13.3. The quantitative estimate of drug-likeness (QED) is 0.919. The number of nitrogens with zero attached hydrogens (tertiary/aromatic N) is 2. The van der Waals surface area contributed by atoms with Crippen molar-refractivity contribution in [3.8, 4) is 0 Å². The summed E-state index contributed by atoms with van der Waals surface area (Å²) >= 11 is 1.27. The largest absolute Gasteiger partial charge is 0.364 e. The fourth-order valence-corrected chi connectivity index (χ4v) is 2.96. The molecule has 1 heterocycles. The predicted molar refractivity (Wildman–Crippen MR) is 81.7 cm³/mol. The van der Waals surface area contributed by atoms with Gasteiger partial charge in [0.05, 0.1) is 6.04 Å². The van der Waals surface area contributed by atoms with Crippen LogP contribution in [0.25, 0.3) is 0 Å². The summed E-state index contributed by atoms with van der Waals surface area (Å²) < 4.78 is 13.3. The Balaban J connectivity index is 2.23. The Labute approximate surface area is 131 Å². The summed E-state index contributed by atoms with van der Waals surface area (Å²) in [6.45, 7) is 3.52. The van der Waals surface area contributed by atoms with Crippen LogP contribution >= 0.6 is 11.3 Å². The number of hydrogen-bond donors (Lipinski definition) is 1. The molecule has 1 aromatic carbocycles. The van der Waals surface area contributed by atoms with Gasteiger partial charge in [-0.05, 0) is 24.6 Å². The second-order valence-corrected chi connectivity index (χ2v) is 5.78. The minimum absolute atomic E-state index is 0.160. The molecule has 2 amide bonds. The van der Waals surface area contributed by atoms with Crippen molar-refractivity contribution in [1.29, 1.82) is 0 Å². The van der Waals surface area contributed by atoms with Gasteiger partial charge in [0.15, 0.2) is 0 Å². The summed E-state index contributed by atoms with van der Waals surface area (Å²) in [4.78, 5) is 28.7.